The topological polar surface area (TPSA) is 99.4 Å². The zero-order valence-corrected chi connectivity index (χ0v) is 11.8. The van der Waals surface area contributed by atoms with Gasteiger partial charge in [-0.2, -0.15) is 0 Å². The molecule has 22 heavy (non-hydrogen) atoms. The number of fused-ring (bicyclic) bond motifs is 1. The first kappa shape index (κ1) is 14.5. The summed E-state index contributed by atoms with van der Waals surface area (Å²) in [6, 6.07) is 8.97. The van der Waals surface area contributed by atoms with Gasteiger partial charge in [-0.15, -0.1) is 0 Å². The minimum Gasteiger partial charge on any atom is -0.508 e. The van der Waals surface area contributed by atoms with E-state index in [0.29, 0.717) is 11.1 Å². The maximum atomic E-state index is 10.3. The van der Waals surface area contributed by atoms with Crippen LogP contribution in [0.15, 0.2) is 36.4 Å². The highest BCUT2D eigenvalue weighted by molar-refractivity contribution is 5.57. The largest absolute Gasteiger partial charge is 0.508 e. The van der Waals surface area contributed by atoms with Crippen molar-refractivity contribution in [3.05, 3.63) is 47.5 Å². The van der Waals surface area contributed by atoms with Crippen molar-refractivity contribution in [2.24, 2.45) is 0 Å². The van der Waals surface area contributed by atoms with E-state index in [4.69, 9.17) is 9.47 Å². The number of hydrogen-bond acceptors (Lipinski definition) is 6. The fourth-order valence-electron chi connectivity index (χ4n) is 2.59. The monoisotopic (exact) mass is 304 g/mol. The van der Waals surface area contributed by atoms with Crippen LogP contribution in [0, 0.1) is 0 Å². The quantitative estimate of drug-likeness (QED) is 0.673. The van der Waals surface area contributed by atoms with Crippen molar-refractivity contribution in [2.75, 3.05) is 7.11 Å². The van der Waals surface area contributed by atoms with Crippen molar-refractivity contribution in [1.82, 2.24) is 0 Å². The smallest absolute Gasteiger partial charge is 0.203 e. The van der Waals surface area contributed by atoms with E-state index in [2.05, 4.69) is 0 Å². The molecule has 0 amide bonds. The van der Waals surface area contributed by atoms with E-state index < -0.39 is 18.3 Å². The molecular weight excluding hydrogens is 288 g/mol. The lowest BCUT2D eigenvalue weighted by atomic mass is 9.92. The zero-order valence-electron chi connectivity index (χ0n) is 11.8. The van der Waals surface area contributed by atoms with Crippen LogP contribution < -0.4 is 9.47 Å². The molecule has 2 aromatic carbocycles. The van der Waals surface area contributed by atoms with Gasteiger partial charge in [0.2, 0.25) is 5.75 Å². The summed E-state index contributed by atoms with van der Waals surface area (Å²) in [5.74, 6) is 0.269. The molecule has 0 unspecified atom stereocenters. The Morgan fingerprint density at radius 3 is 2.32 bits per heavy atom. The van der Waals surface area contributed by atoms with Crippen LogP contribution in [-0.2, 0) is 0 Å². The molecule has 1 aliphatic rings. The number of phenols is 2. The molecule has 6 nitrogen and oxygen atoms in total. The number of hydrogen-bond donors (Lipinski definition) is 4. The third-order valence-corrected chi connectivity index (χ3v) is 3.74. The molecule has 3 rings (SSSR count). The Hall–Kier alpha value is -2.44. The van der Waals surface area contributed by atoms with Crippen LogP contribution in [0.1, 0.15) is 23.3 Å². The number of phenolic OH excluding ortho intramolecular Hbond substituents is 2. The summed E-state index contributed by atoms with van der Waals surface area (Å²) in [6.45, 7) is 0. The van der Waals surface area contributed by atoms with Crippen molar-refractivity contribution in [1.29, 1.82) is 0 Å². The van der Waals surface area contributed by atoms with Crippen LogP contribution in [0.4, 0.5) is 0 Å². The predicted molar refractivity (Wildman–Crippen MR) is 77.1 cm³/mol. The molecule has 0 saturated carbocycles. The summed E-state index contributed by atoms with van der Waals surface area (Å²) < 4.78 is 10.9. The van der Waals surface area contributed by atoms with Gasteiger partial charge in [0.25, 0.3) is 0 Å². The molecule has 0 spiro atoms. The van der Waals surface area contributed by atoms with Gasteiger partial charge >= 0.3 is 0 Å². The van der Waals surface area contributed by atoms with E-state index in [-0.39, 0.29) is 23.0 Å². The molecule has 0 radical (unpaired) electrons. The first-order valence-electron chi connectivity index (χ1n) is 6.74. The minimum atomic E-state index is -1.19. The Labute approximate surface area is 126 Å². The number of aliphatic hydroxyl groups is 2. The summed E-state index contributed by atoms with van der Waals surface area (Å²) in [5.41, 5.74) is 0.928. The van der Waals surface area contributed by atoms with Gasteiger partial charge in [-0.3, -0.25) is 0 Å². The van der Waals surface area contributed by atoms with Gasteiger partial charge in [0.05, 0.1) is 7.11 Å². The average Bonchev–Trinajstić information content (AvgIpc) is 2.51. The average molecular weight is 304 g/mol. The first-order valence-corrected chi connectivity index (χ1v) is 6.74. The van der Waals surface area contributed by atoms with Crippen LogP contribution >= 0.6 is 0 Å². The molecule has 0 saturated heterocycles. The standard InChI is InChI=1S/C16H16O6/c1-21-16-11(18)7-6-10-12(19)13(20)14(22-15(10)16)8-2-4-9(17)5-3-8/h2-7,12-14,17-20H,1H3/t12-,13-,14-/m1/s1. The second kappa shape index (κ2) is 5.40. The van der Waals surface area contributed by atoms with Gasteiger partial charge in [-0.05, 0) is 29.8 Å². The summed E-state index contributed by atoms with van der Waals surface area (Å²) >= 11 is 0. The molecule has 6 heteroatoms. The molecule has 0 aromatic heterocycles. The van der Waals surface area contributed by atoms with Crippen LogP contribution in [-0.4, -0.2) is 33.6 Å². The van der Waals surface area contributed by atoms with Crippen LogP contribution in [0.2, 0.25) is 0 Å². The Balaban J connectivity index is 2.07. The zero-order chi connectivity index (χ0) is 15.9. The summed E-state index contributed by atoms with van der Waals surface area (Å²) in [6.07, 6.45) is -3.22. The second-order valence-corrected chi connectivity index (χ2v) is 5.10. The summed E-state index contributed by atoms with van der Waals surface area (Å²) in [4.78, 5) is 0. The molecule has 1 heterocycles. The fraction of sp³-hybridized carbons (Fsp3) is 0.250. The van der Waals surface area contributed by atoms with Crippen molar-refractivity contribution < 1.29 is 29.9 Å². The third-order valence-electron chi connectivity index (χ3n) is 3.74. The van der Waals surface area contributed by atoms with Crippen molar-refractivity contribution in [3.8, 4) is 23.0 Å². The van der Waals surface area contributed by atoms with Crippen molar-refractivity contribution in [3.63, 3.8) is 0 Å². The van der Waals surface area contributed by atoms with Crippen LogP contribution in [0.3, 0.4) is 0 Å². The maximum Gasteiger partial charge on any atom is 0.203 e. The maximum absolute atomic E-state index is 10.3. The van der Waals surface area contributed by atoms with Crippen LogP contribution in [0.25, 0.3) is 0 Å². The van der Waals surface area contributed by atoms with E-state index in [1.165, 1.54) is 31.4 Å². The predicted octanol–water partition coefficient (Wildman–Crippen LogP) is 1.63. The molecule has 1 aliphatic heterocycles. The lowest BCUT2D eigenvalue weighted by molar-refractivity contribution is -0.0710. The van der Waals surface area contributed by atoms with E-state index in [9.17, 15) is 20.4 Å². The van der Waals surface area contributed by atoms with Crippen molar-refractivity contribution in [2.45, 2.75) is 18.3 Å². The Morgan fingerprint density at radius 2 is 1.68 bits per heavy atom. The normalized spacial score (nSPS) is 23.5. The molecular formula is C16H16O6. The summed E-state index contributed by atoms with van der Waals surface area (Å²) in [7, 11) is 1.38. The number of ether oxygens (including phenoxy) is 2. The number of rotatable bonds is 2. The Bertz CT molecular complexity index is 682. The molecule has 0 aliphatic carbocycles. The Morgan fingerprint density at radius 1 is 1.00 bits per heavy atom. The number of aliphatic hydroxyl groups excluding tert-OH is 2. The van der Waals surface area contributed by atoms with Crippen LogP contribution in [0.5, 0.6) is 23.0 Å². The minimum absolute atomic E-state index is 0.0882. The highest BCUT2D eigenvalue weighted by Gasteiger charge is 2.39. The van der Waals surface area contributed by atoms with Gasteiger partial charge in [-0.25, -0.2) is 0 Å². The molecule has 4 N–H and O–H groups in total. The van der Waals surface area contributed by atoms with E-state index in [0.717, 1.165) is 0 Å². The van der Waals surface area contributed by atoms with E-state index in [1.54, 1.807) is 12.1 Å². The summed E-state index contributed by atoms with van der Waals surface area (Å²) in [5, 5.41) is 39.8. The molecule has 0 bridgehead atoms. The van der Waals surface area contributed by atoms with Crippen molar-refractivity contribution >= 4 is 0 Å². The number of benzene rings is 2. The van der Waals surface area contributed by atoms with Gasteiger partial charge in [0.15, 0.2) is 17.6 Å². The SMILES string of the molecule is COc1c(O)ccc2c1O[C@H](c1ccc(O)cc1)[C@H](O)[C@@H]2O. The Kier molecular flexibility index (Phi) is 3.56. The molecule has 116 valence electrons. The van der Waals surface area contributed by atoms with Gasteiger partial charge in [-0.1, -0.05) is 12.1 Å². The van der Waals surface area contributed by atoms with Gasteiger partial charge in [0, 0.05) is 5.56 Å². The highest BCUT2D eigenvalue weighted by Crippen LogP contribution is 2.49. The van der Waals surface area contributed by atoms with Gasteiger partial charge in [0.1, 0.15) is 18.0 Å². The molecule has 0 fully saturated rings. The lowest BCUT2D eigenvalue weighted by Crippen LogP contribution is -2.34. The number of methoxy groups -OCH3 is 1. The second-order valence-electron chi connectivity index (χ2n) is 5.10. The van der Waals surface area contributed by atoms with E-state index in [1.807, 2.05) is 0 Å². The third kappa shape index (κ3) is 2.22. The number of aromatic hydroxyl groups is 2. The highest BCUT2D eigenvalue weighted by atomic mass is 16.5. The van der Waals surface area contributed by atoms with E-state index >= 15 is 0 Å². The van der Waals surface area contributed by atoms with Gasteiger partial charge < -0.3 is 29.9 Å². The molecule has 3 atom stereocenters. The first-order chi connectivity index (χ1) is 10.5. The lowest BCUT2D eigenvalue weighted by Gasteiger charge is -2.35. The molecule has 2 aromatic rings. The fourth-order valence-corrected chi connectivity index (χ4v) is 2.59.